The van der Waals surface area contributed by atoms with Gasteiger partial charge in [0.05, 0.1) is 17.3 Å². The number of carbonyl (C=O) groups is 1. The van der Waals surface area contributed by atoms with Crippen LogP contribution in [0, 0.1) is 0 Å². The third-order valence-electron chi connectivity index (χ3n) is 2.65. The summed E-state index contributed by atoms with van der Waals surface area (Å²) in [5.74, 6) is -1.17. The zero-order chi connectivity index (χ0) is 17.4. The first kappa shape index (κ1) is 18.3. The van der Waals surface area contributed by atoms with E-state index < -0.39 is 21.7 Å². The number of thiophene rings is 1. The van der Waals surface area contributed by atoms with Gasteiger partial charge >= 0.3 is 5.97 Å². The van der Waals surface area contributed by atoms with Gasteiger partial charge in [-0.2, -0.15) is 0 Å². The molecule has 0 aliphatic heterocycles. The van der Waals surface area contributed by atoms with Gasteiger partial charge in [0.25, 0.3) is 10.0 Å². The summed E-state index contributed by atoms with van der Waals surface area (Å²) < 4.78 is 31.9. The fourth-order valence-corrected chi connectivity index (χ4v) is 6.26. The molecule has 1 heterocycles. The fourth-order valence-electron chi connectivity index (χ4n) is 1.65. The number of phenols is 1. The predicted octanol–water partition coefficient (Wildman–Crippen LogP) is 4.11. The maximum absolute atomic E-state index is 12.4. The molecule has 124 valence electrons. The van der Waals surface area contributed by atoms with Crippen LogP contribution in [0.3, 0.4) is 0 Å². The molecule has 2 aromatic rings. The van der Waals surface area contributed by atoms with Crippen LogP contribution >= 0.6 is 50.5 Å². The van der Waals surface area contributed by atoms with Crippen LogP contribution in [0.2, 0.25) is 8.67 Å². The van der Waals surface area contributed by atoms with Gasteiger partial charge in [0.2, 0.25) is 0 Å². The third-order valence-corrected chi connectivity index (χ3v) is 7.50. The van der Waals surface area contributed by atoms with E-state index in [9.17, 15) is 18.3 Å². The lowest BCUT2D eigenvalue weighted by molar-refractivity contribution is 0.0597. The van der Waals surface area contributed by atoms with E-state index in [1.807, 2.05) is 0 Å². The summed E-state index contributed by atoms with van der Waals surface area (Å²) in [4.78, 5) is 11.2. The van der Waals surface area contributed by atoms with Crippen LogP contribution in [0.15, 0.2) is 27.6 Å². The molecule has 0 atom stereocenters. The van der Waals surface area contributed by atoms with Gasteiger partial charge in [-0.1, -0.05) is 23.2 Å². The van der Waals surface area contributed by atoms with E-state index >= 15 is 0 Å². The van der Waals surface area contributed by atoms with E-state index in [0.29, 0.717) is 0 Å². The van der Waals surface area contributed by atoms with Crippen LogP contribution in [0.4, 0.5) is 5.69 Å². The van der Waals surface area contributed by atoms with E-state index in [4.69, 9.17) is 23.2 Å². The van der Waals surface area contributed by atoms with Crippen molar-refractivity contribution in [2.24, 2.45) is 0 Å². The van der Waals surface area contributed by atoms with E-state index in [1.54, 1.807) is 0 Å². The first-order valence-electron chi connectivity index (χ1n) is 5.74. The number of esters is 1. The Labute approximate surface area is 154 Å². The van der Waals surface area contributed by atoms with E-state index in [1.165, 1.54) is 12.1 Å². The zero-order valence-corrected chi connectivity index (χ0v) is 16.0. The van der Waals surface area contributed by atoms with Crippen LogP contribution in [0.1, 0.15) is 10.4 Å². The lowest BCUT2D eigenvalue weighted by atomic mass is 10.2. The highest BCUT2D eigenvalue weighted by Gasteiger charge is 2.26. The number of ether oxygens (including phenoxy) is 1. The highest BCUT2D eigenvalue weighted by Crippen LogP contribution is 2.43. The summed E-state index contributed by atoms with van der Waals surface area (Å²) in [5.41, 5.74) is -0.0475. The number of sulfonamides is 1. The van der Waals surface area contributed by atoms with Gasteiger partial charge in [0, 0.05) is 6.07 Å². The molecule has 0 spiro atoms. The maximum atomic E-state index is 12.4. The topological polar surface area (TPSA) is 92.7 Å². The normalized spacial score (nSPS) is 11.3. The number of benzene rings is 1. The Balaban J connectivity index is 2.38. The monoisotopic (exact) mass is 459 g/mol. The first-order valence-corrected chi connectivity index (χ1v) is 9.59. The lowest BCUT2D eigenvalue weighted by Crippen LogP contribution is -2.13. The Morgan fingerprint density at radius 1 is 1.35 bits per heavy atom. The van der Waals surface area contributed by atoms with Crippen molar-refractivity contribution in [3.05, 3.63) is 36.9 Å². The molecule has 1 aromatic carbocycles. The molecule has 0 radical (unpaired) electrons. The van der Waals surface area contributed by atoms with Crippen LogP contribution < -0.4 is 4.72 Å². The second kappa shape index (κ2) is 6.86. The molecule has 0 saturated carbocycles. The number of nitrogens with one attached hydrogen (secondary N) is 1. The third kappa shape index (κ3) is 3.74. The Hall–Kier alpha value is -1.00. The minimum atomic E-state index is -4.04. The van der Waals surface area contributed by atoms with Gasteiger partial charge in [-0.05, 0) is 28.1 Å². The molecular weight excluding hydrogens is 453 g/mol. The van der Waals surface area contributed by atoms with Gasteiger partial charge in [0.1, 0.15) is 24.9 Å². The minimum absolute atomic E-state index is 0.00946. The molecule has 0 aliphatic rings. The van der Waals surface area contributed by atoms with Gasteiger partial charge in [-0.15, -0.1) is 11.3 Å². The smallest absolute Gasteiger partial charge is 0.341 e. The Morgan fingerprint density at radius 3 is 2.48 bits per heavy atom. The number of rotatable bonds is 4. The number of aromatic hydroxyl groups is 1. The van der Waals surface area contributed by atoms with Gasteiger partial charge in [0.15, 0.2) is 0 Å². The van der Waals surface area contributed by atoms with Crippen LogP contribution in [0.5, 0.6) is 5.75 Å². The second-order valence-electron chi connectivity index (χ2n) is 4.12. The van der Waals surface area contributed by atoms with Crippen molar-refractivity contribution in [2.75, 3.05) is 11.8 Å². The predicted molar refractivity (Wildman–Crippen MR) is 92.3 cm³/mol. The highest BCUT2D eigenvalue weighted by atomic mass is 79.9. The second-order valence-corrected chi connectivity index (χ2v) is 8.76. The van der Waals surface area contributed by atoms with Crippen LogP contribution in [-0.4, -0.2) is 26.6 Å². The van der Waals surface area contributed by atoms with Crippen LogP contribution in [0.25, 0.3) is 0 Å². The lowest BCUT2D eigenvalue weighted by Gasteiger charge is -2.10. The summed E-state index contributed by atoms with van der Waals surface area (Å²) in [6.07, 6.45) is 0. The van der Waals surface area contributed by atoms with Crippen molar-refractivity contribution in [3.8, 4) is 5.75 Å². The van der Waals surface area contributed by atoms with Crippen molar-refractivity contribution >= 4 is 72.1 Å². The molecule has 0 unspecified atom stereocenters. The summed E-state index contributed by atoms with van der Waals surface area (Å²) in [7, 11) is -2.87. The zero-order valence-electron chi connectivity index (χ0n) is 11.3. The molecule has 2 N–H and O–H groups in total. The van der Waals surface area contributed by atoms with Crippen molar-refractivity contribution in [2.45, 2.75) is 4.90 Å². The van der Waals surface area contributed by atoms with Gasteiger partial charge < -0.3 is 9.84 Å². The molecule has 2 rings (SSSR count). The van der Waals surface area contributed by atoms with Crippen molar-refractivity contribution < 1.29 is 23.1 Å². The molecule has 0 amide bonds. The maximum Gasteiger partial charge on any atom is 0.341 e. The number of anilines is 1. The molecular formula is C12H8BrCl2NO5S2. The number of phenolic OH excluding ortho intramolecular Hbond substituents is 1. The highest BCUT2D eigenvalue weighted by molar-refractivity contribution is 9.10. The van der Waals surface area contributed by atoms with Crippen LogP contribution in [-0.2, 0) is 14.8 Å². The minimum Gasteiger partial charge on any atom is -0.507 e. The van der Waals surface area contributed by atoms with E-state index in [-0.39, 0.29) is 29.3 Å². The Bertz CT molecular complexity index is 882. The Morgan fingerprint density at radius 2 is 2.00 bits per heavy atom. The molecule has 0 fully saturated rings. The van der Waals surface area contributed by atoms with Gasteiger partial charge in [-0.3, -0.25) is 4.72 Å². The van der Waals surface area contributed by atoms with Gasteiger partial charge in [-0.25, -0.2) is 13.2 Å². The molecule has 0 bridgehead atoms. The molecule has 23 heavy (non-hydrogen) atoms. The molecule has 0 aliphatic carbocycles. The van der Waals surface area contributed by atoms with E-state index in [2.05, 4.69) is 25.4 Å². The average molecular weight is 461 g/mol. The largest absolute Gasteiger partial charge is 0.507 e. The SMILES string of the molecule is COC(=O)c1ccc(NS(=O)(=O)c2c(Cl)sc(Cl)c2Br)cc1O. The summed E-state index contributed by atoms with van der Waals surface area (Å²) >= 11 is 15.7. The van der Waals surface area contributed by atoms with Crippen molar-refractivity contribution in [1.82, 2.24) is 0 Å². The number of halogens is 3. The molecule has 11 heteroatoms. The van der Waals surface area contributed by atoms with Crippen molar-refractivity contribution in [3.63, 3.8) is 0 Å². The first-order chi connectivity index (χ1) is 10.7. The molecule has 1 aromatic heterocycles. The fraction of sp³-hybridized carbons (Fsp3) is 0.0833. The quantitative estimate of drug-likeness (QED) is 0.669. The van der Waals surface area contributed by atoms with E-state index in [0.717, 1.165) is 24.5 Å². The average Bonchev–Trinajstić information content (AvgIpc) is 2.71. The Kier molecular flexibility index (Phi) is 5.47. The number of hydrogen-bond donors (Lipinski definition) is 2. The summed E-state index contributed by atoms with van der Waals surface area (Å²) in [5, 5.41) is 9.78. The number of methoxy groups -OCH3 is 1. The number of hydrogen-bond acceptors (Lipinski definition) is 6. The summed E-state index contributed by atoms with van der Waals surface area (Å²) in [6.45, 7) is 0. The van der Waals surface area contributed by atoms with Crippen molar-refractivity contribution in [1.29, 1.82) is 0 Å². The number of carbonyl (C=O) groups excluding carboxylic acids is 1. The molecule has 6 nitrogen and oxygen atoms in total. The molecule has 0 saturated heterocycles. The standard InChI is InChI=1S/C12H8BrCl2NO5S2/c1-21-12(18)6-3-2-5(4-7(6)17)16-23(19,20)9-8(13)10(14)22-11(9)15/h2-4,16-17H,1H3. The summed E-state index contributed by atoms with van der Waals surface area (Å²) in [6, 6.07) is 3.62.